The summed E-state index contributed by atoms with van der Waals surface area (Å²) in [5, 5.41) is 0.460. The van der Waals surface area contributed by atoms with E-state index in [4.69, 9.17) is 4.74 Å². The topological polar surface area (TPSA) is 9.23 Å². The summed E-state index contributed by atoms with van der Waals surface area (Å²) in [5.41, 5.74) is -0.0909. The monoisotopic (exact) mass is 526 g/mol. The summed E-state index contributed by atoms with van der Waals surface area (Å²) in [6.07, 6.45) is 2.62. The van der Waals surface area contributed by atoms with Crippen molar-refractivity contribution in [2.45, 2.75) is 39.0 Å². The molecule has 0 aromatic heterocycles. The molecule has 1 nitrogen and oxygen atoms in total. The van der Waals surface area contributed by atoms with E-state index < -0.39 is 40.5 Å². The summed E-state index contributed by atoms with van der Waals surface area (Å²) in [4.78, 5) is 0. The number of fused-ring (bicyclic) bond motifs is 1. The van der Waals surface area contributed by atoms with Crippen LogP contribution in [0.25, 0.3) is 10.8 Å². The van der Waals surface area contributed by atoms with Gasteiger partial charge < -0.3 is 4.74 Å². The van der Waals surface area contributed by atoms with Crippen molar-refractivity contribution in [3.8, 4) is 17.6 Å². The molecule has 0 spiro atoms. The molecule has 0 aliphatic heterocycles. The average Bonchev–Trinajstić information content (AvgIpc) is 2.88. The molecule has 0 aliphatic rings. The first kappa shape index (κ1) is 27.1. The van der Waals surface area contributed by atoms with Crippen LogP contribution in [0.4, 0.5) is 26.3 Å². The molecule has 0 N–H and O–H groups in total. The van der Waals surface area contributed by atoms with E-state index >= 15 is 0 Å². The number of aryl methyl sites for hydroxylation is 1. The zero-order chi connectivity index (χ0) is 27.2. The lowest BCUT2D eigenvalue weighted by Crippen LogP contribution is -2.03. The van der Waals surface area contributed by atoms with Crippen molar-refractivity contribution in [1.29, 1.82) is 0 Å². The van der Waals surface area contributed by atoms with Crippen LogP contribution in [0, 0.1) is 46.7 Å². The third kappa shape index (κ3) is 6.31. The minimum Gasteiger partial charge on any atom is -0.493 e. The van der Waals surface area contributed by atoms with E-state index in [2.05, 4.69) is 11.8 Å². The van der Waals surface area contributed by atoms with Gasteiger partial charge in [0.15, 0.2) is 11.6 Å². The Bertz CT molecular complexity index is 1490. The van der Waals surface area contributed by atoms with E-state index in [1.165, 1.54) is 24.3 Å². The summed E-state index contributed by atoms with van der Waals surface area (Å²) in [5.74, 6) is -0.192. The van der Waals surface area contributed by atoms with Gasteiger partial charge in [-0.1, -0.05) is 43.7 Å². The van der Waals surface area contributed by atoms with Crippen LogP contribution >= 0.6 is 0 Å². The fourth-order valence-corrected chi connectivity index (χ4v) is 4.08. The van der Waals surface area contributed by atoms with E-state index in [1.807, 2.05) is 6.92 Å². The van der Waals surface area contributed by atoms with Gasteiger partial charge in [-0.2, -0.15) is 0 Å². The maximum Gasteiger partial charge on any atom is 0.166 e. The molecule has 196 valence electrons. The number of hydrogen-bond donors (Lipinski definition) is 0. The van der Waals surface area contributed by atoms with Gasteiger partial charge in [-0.25, -0.2) is 26.3 Å². The zero-order valence-corrected chi connectivity index (χ0v) is 20.6. The Balaban J connectivity index is 1.47. The summed E-state index contributed by atoms with van der Waals surface area (Å²) in [6.45, 7) is 2.40. The van der Waals surface area contributed by atoms with Crippen molar-refractivity contribution < 1.29 is 31.1 Å². The maximum atomic E-state index is 14.7. The van der Waals surface area contributed by atoms with Crippen LogP contribution < -0.4 is 4.74 Å². The molecule has 4 aromatic carbocycles. The van der Waals surface area contributed by atoms with Gasteiger partial charge in [0.25, 0.3) is 0 Å². The normalized spacial score (nSPS) is 10.9. The van der Waals surface area contributed by atoms with Crippen LogP contribution in [0.2, 0.25) is 0 Å². The molecule has 0 radical (unpaired) electrons. The van der Waals surface area contributed by atoms with Gasteiger partial charge in [0.1, 0.15) is 29.0 Å². The number of rotatable bonds is 8. The SMILES string of the molecule is CCCCCOc1cc(F)c(CCc2cc(F)c(C#Cc3ccc4c(F)c(F)ccc4c3)c(F)c2)c(F)c1. The van der Waals surface area contributed by atoms with E-state index in [0.717, 1.165) is 49.6 Å². The second-order valence-electron chi connectivity index (χ2n) is 8.90. The average molecular weight is 527 g/mol. The first-order chi connectivity index (χ1) is 18.3. The molecule has 0 amide bonds. The third-order valence-electron chi connectivity index (χ3n) is 6.14. The highest BCUT2D eigenvalue weighted by atomic mass is 19.2. The van der Waals surface area contributed by atoms with E-state index in [0.29, 0.717) is 17.6 Å². The second-order valence-corrected chi connectivity index (χ2v) is 8.90. The standard InChI is InChI=1S/C31H24F6O/c1-2-3-4-13-38-22-17-29(35)25(30(36)18-22)11-7-20-15-27(33)24(28(34)16-20)10-6-19-5-9-23-21(14-19)8-12-26(32)31(23)37/h5,8-9,12,14-18H,2-4,7,11,13H2,1H3. The summed E-state index contributed by atoms with van der Waals surface area (Å²) in [7, 11) is 0. The van der Waals surface area contributed by atoms with Crippen molar-refractivity contribution in [3.63, 3.8) is 0 Å². The van der Waals surface area contributed by atoms with Gasteiger partial charge in [0.05, 0.1) is 12.2 Å². The zero-order valence-electron chi connectivity index (χ0n) is 20.6. The molecular formula is C31H24F6O. The van der Waals surface area contributed by atoms with Gasteiger partial charge in [-0.05, 0) is 60.5 Å². The summed E-state index contributed by atoms with van der Waals surface area (Å²) in [6, 6.07) is 11.0. The first-order valence-corrected chi connectivity index (χ1v) is 12.2. The minimum atomic E-state index is -0.985. The van der Waals surface area contributed by atoms with E-state index in [1.54, 1.807) is 0 Å². The molecule has 0 heterocycles. The number of hydrogen-bond acceptors (Lipinski definition) is 1. The Morgan fingerprint density at radius 3 is 2.08 bits per heavy atom. The molecule has 0 fully saturated rings. The molecule has 0 saturated heterocycles. The van der Waals surface area contributed by atoms with Crippen LogP contribution in [-0.2, 0) is 12.8 Å². The molecular weight excluding hydrogens is 502 g/mol. The van der Waals surface area contributed by atoms with Crippen molar-refractivity contribution in [2.75, 3.05) is 6.61 Å². The third-order valence-corrected chi connectivity index (χ3v) is 6.14. The van der Waals surface area contributed by atoms with Crippen LogP contribution in [0.5, 0.6) is 5.75 Å². The largest absolute Gasteiger partial charge is 0.493 e. The number of ether oxygens (including phenoxy) is 1. The number of halogens is 6. The van der Waals surface area contributed by atoms with E-state index in [-0.39, 0.29) is 35.1 Å². The summed E-state index contributed by atoms with van der Waals surface area (Å²) < 4.78 is 91.0. The lowest BCUT2D eigenvalue weighted by Gasteiger charge is -2.10. The smallest absolute Gasteiger partial charge is 0.166 e. The Morgan fingerprint density at radius 2 is 1.39 bits per heavy atom. The Morgan fingerprint density at radius 1 is 0.684 bits per heavy atom. The molecule has 4 rings (SSSR count). The van der Waals surface area contributed by atoms with Crippen LogP contribution in [0.3, 0.4) is 0 Å². The molecule has 7 heteroatoms. The predicted molar refractivity (Wildman–Crippen MR) is 135 cm³/mol. The highest BCUT2D eigenvalue weighted by Gasteiger charge is 2.15. The van der Waals surface area contributed by atoms with Crippen LogP contribution in [-0.4, -0.2) is 6.61 Å². The number of unbranched alkanes of at least 4 members (excludes halogenated alkanes) is 2. The second kappa shape index (κ2) is 12.1. The Kier molecular flexibility index (Phi) is 8.62. The molecule has 0 aliphatic carbocycles. The van der Waals surface area contributed by atoms with Crippen LogP contribution in [0.1, 0.15) is 48.4 Å². The molecule has 0 saturated carbocycles. The molecule has 38 heavy (non-hydrogen) atoms. The fraction of sp³-hybridized carbons (Fsp3) is 0.226. The Hall–Kier alpha value is -3.92. The molecule has 0 unspecified atom stereocenters. The lowest BCUT2D eigenvalue weighted by atomic mass is 10.0. The van der Waals surface area contributed by atoms with Crippen LogP contribution in [0.15, 0.2) is 54.6 Å². The van der Waals surface area contributed by atoms with Crippen molar-refractivity contribution >= 4 is 10.8 Å². The predicted octanol–water partition coefficient (Wildman–Crippen LogP) is 8.43. The van der Waals surface area contributed by atoms with Crippen molar-refractivity contribution in [1.82, 2.24) is 0 Å². The fourth-order valence-electron chi connectivity index (χ4n) is 4.08. The van der Waals surface area contributed by atoms with E-state index in [9.17, 15) is 26.3 Å². The number of benzene rings is 4. The minimum absolute atomic E-state index is 0.00110. The molecule has 0 atom stereocenters. The molecule has 4 aromatic rings. The van der Waals surface area contributed by atoms with Gasteiger partial charge in [0, 0.05) is 28.6 Å². The molecule has 0 bridgehead atoms. The Labute approximate surface area is 217 Å². The highest BCUT2D eigenvalue weighted by Crippen LogP contribution is 2.24. The first-order valence-electron chi connectivity index (χ1n) is 12.2. The van der Waals surface area contributed by atoms with Crippen molar-refractivity contribution in [3.05, 3.63) is 112 Å². The van der Waals surface area contributed by atoms with Gasteiger partial charge in [0.2, 0.25) is 0 Å². The highest BCUT2D eigenvalue weighted by molar-refractivity contribution is 5.84. The van der Waals surface area contributed by atoms with Gasteiger partial charge in [-0.3, -0.25) is 0 Å². The summed E-state index contributed by atoms with van der Waals surface area (Å²) >= 11 is 0. The van der Waals surface area contributed by atoms with Gasteiger partial charge >= 0.3 is 0 Å². The van der Waals surface area contributed by atoms with Gasteiger partial charge in [-0.15, -0.1) is 0 Å². The lowest BCUT2D eigenvalue weighted by molar-refractivity contribution is 0.302. The van der Waals surface area contributed by atoms with Crippen molar-refractivity contribution in [2.24, 2.45) is 0 Å². The maximum absolute atomic E-state index is 14.7. The quantitative estimate of drug-likeness (QED) is 0.127.